The van der Waals surface area contributed by atoms with Crippen molar-refractivity contribution >= 4 is 78.8 Å². The summed E-state index contributed by atoms with van der Waals surface area (Å²) in [6, 6.07) is 80.5. The fraction of sp³-hybridized carbons (Fsp3) is 0.195. The first kappa shape index (κ1) is 48.7. The van der Waals surface area contributed by atoms with E-state index in [2.05, 4.69) is 292 Å². The van der Waals surface area contributed by atoms with Gasteiger partial charge in [-0.2, -0.15) is 0 Å². The molecule has 15 rings (SSSR count). The second-order valence-electron chi connectivity index (χ2n) is 26.3. The number of fused-ring (bicyclic) bond motifs is 13. The van der Waals surface area contributed by atoms with Crippen LogP contribution in [0.4, 0.5) is 34.1 Å². The monoisotopic (exact) mass is 1030 g/mol. The Kier molecular flexibility index (Phi) is 10.2. The van der Waals surface area contributed by atoms with Crippen LogP contribution < -0.4 is 26.2 Å². The summed E-state index contributed by atoms with van der Waals surface area (Å²) >= 11 is 0. The number of hydrogen-bond donors (Lipinski definition) is 0. The molecule has 2 aliphatic carbocycles. The third-order valence-corrected chi connectivity index (χ3v) is 19.0. The minimum atomic E-state index is -0.593. The van der Waals surface area contributed by atoms with Crippen LogP contribution in [0.5, 0.6) is 0 Å². The topological polar surface area (TPSA) is 6.48 Å². The van der Waals surface area contributed by atoms with Gasteiger partial charge in [0.25, 0.3) is 0 Å². The molecule has 0 saturated heterocycles. The molecule has 11 aromatic carbocycles. The van der Waals surface area contributed by atoms with Gasteiger partial charge in [0.15, 0.2) is 0 Å². The Labute approximate surface area is 473 Å². The normalized spacial score (nSPS) is 15.1. The van der Waals surface area contributed by atoms with Crippen LogP contribution in [-0.2, 0) is 21.7 Å². The third-order valence-electron chi connectivity index (χ3n) is 19.0. The maximum Gasteiger partial charge on any atom is 0.248 e. The van der Waals surface area contributed by atoms with Crippen LogP contribution in [0.1, 0.15) is 117 Å². The van der Waals surface area contributed by atoms with E-state index in [-0.39, 0.29) is 23.0 Å². The summed E-state index contributed by atoms with van der Waals surface area (Å²) in [5.41, 5.74) is 30.4. The summed E-state index contributed by atoms with van der Waals surface area (Å²) < 4.78 is 0. The van der Waals surface area contributed by atoms with Crippen molar-refractivity contribution in [3.63, 3.8) is 0 Å². The lowest BCUT2D eigenvalue weighted by Gasteiger charge is -2.47. The van der Waals surface area contributed by atoms with Crippen LogP contribution in [0.25, 0.3) is 43.8 Å². The number of hydrogen-bond acceptors (Lipinski definition) is 2. The molecule has 4 aliphatic rings. The van der Waals surface area contributed by atoms with Crippen molar-refractivity contribution in [2.24, 2.45) is 0 Å². The predicted octanol–water partition coefficient (Wildman–Crippen LogP) is 18.3. The lowest BCUT2D eigenvalue weighted by molar-refractivity contribution is 0.584. The second-order valence-corrected chi connectivity index (χ2v) is 26.3. The van der Waals surface area contributed by atoms with Gasteiger partial charge >= 0.3 is 0 Å². The molecule has 0 atom stereocenters. The van der Waals surface area contributed by atoms with Crippen molar-refractivity contribution in [3.05, 3.63) is 267 Å². The SMILES string of the molecule is Cc1cc(C)c(B2c3cc4c(cc3N3c5cc6ccccc6cc5N(c5ccc6c(c5)C(c5ccccc5)(c5ccccc5)c5cc(C(C)(C)C)ccc5-6)c5cc6ccccc6c2c53)C(C)(C)c2cc(C(C)(C)C)ccc2-4)c(C)c1. The number of nitrogens with zero attached hydrogens (tertiary/aromatic N) is 2. The Balaban J connectivity index is 1.07. The van der Waals surface area contributed by atoms with Gasteiger partial charge < -0.3 is 9.80 Å². The van der Waals surface area contributed by atoms with Crippen LogP contribution in [0.15, 0.2) is 206 Å². The van der Waals surface area contributed by atoms with Crippen LogP contribution in [0, 0.1) is 20.8 Å². The Morgan fingerprint density at radius 3 is 1.48 bits per heavy atom. The standard InChI is InChI=1S/C77H67BN2/c1-46-36-47(2)71(48(3)37-46)78-66-44-61-60-34-31-54(74(4,5)6)41-62(60)76(10,11)63(61)45-67(66)80-69-39-50-23-19-18-22-49(50)38-68(69)79(70-40-51-24-20-21-29-57(51)72(78)73(70)80)56-32-35-59-58-33-30-55(75(7,8)9)42-64(58)77(65(59)43-56,52-25-14-12-15-26-52)53-27-16-13-17-28-53/h12-45H,1-11H3. The quantitative estimate of drug-likeness (QED) is 0.162. The minimum Gasteiger partial charge on any atom is -0.307 e. The molecule has 0 fully saturated rings. The molecule has 2 nitrogen and oxygen atoms in total. The van der Waals surface area contributed by atoms with Crippen LogP contribution in [0.2, 0.25) is 0 Å². The van der Waals surface area contributed by atoms with Crippen molar-refractivity contribution in [1.82, 2.24) is 0 Å². The van der Waals surface area contributed by atoms with Gasteiger partial charge in [-0.15, -0.1) is 0 Å². The lowest BCUT2D eigenvalue weighted by atomic mass is 9.33. The van der Waals surface area contributed by atoms with Gasteiger partial charge in [0, 0.05) is 16.8 Å². The van der Waals surface area contributed by atoms with Gasteiger partial charge in [-0.05, 0) is 167 Å². The van der Waals surface area contributed by atoms with E-state index in [4.69, 9.17) is 0 Å². The van der Waals surface area contributed by atoms with Crippen LogP contribution >= 0.6 is 0 Å². The molecule has 0 N–H and O–H groups in total. The zero-order chi connectivity index (χ0) is 54.9. The van der Waals surface area contributed by atoms with E-state index in [9.17, 15) is 0 Å². The molecule has 2 aliphatic heterocycles. The van der Waals surface area contributed by atoms with E-state index in [1.807, 2.05) is 0 Å². The summed E-state index contributed by atoms with van der Waals surface area (Å²) in [6.45, 7) is 25.8. The number of aryl methyl sites for hydroxylation is 3. The molecule has 0 aromatic heterocycles. The van der Waals surface area contributed by atoms with Crippen molar-refractivity contribution in [2.45, 2.75) is 97.8 Å². The van der Waals surface area contributed by atoms with Crippen molar-refractivity contribution in [2.75, 3.05) is 9.80 Å². The van der Waals surface area contributed by atoms with Crippen molar-refractivity contribution < 1.29 is 0 Å². The smallest absolute Gasteiger partial charge is 0.248 e. The molecule has 2 heterocycles. The van der Waals surface area contributed by atoms with Crippen molar-refractivity contribution in [3.8, 4) is 22.3 Å². The molecule has 0 saturated carbocycles. The number of rotatable bonds is 4. The van der Waals surface area contributed by atoms with E-state index in [0.717, 1.165) is 11.4 Å². The maximum atomic E-state index is 2.70. The van der Waals surface area contributed by atoms with Gasteiger partial charge in [0.1, 0.15) is 0 Å². The highest BCUT2D eigenvalue weighted by Crippen LogP contribution is 2.62. The Morgan fingerprint density at radius 2 is 0.875 bits per heavy atom. The molecular formula is C77H67BN2. The third kappa shape index (κ3) is 6.73. The first-order chi connectivity index (χ1) is 38.4. The highest BCUT2D eigenvalue weighted by molar-refractivity contribution is 7.00. The van der Waals surface area contributed by atoms with E-state index in [1.165, 1.54) is 144 Å². The van der Waals surface area contributed by atoms with E-state index >= 15 is 0 Å². The molecule has 0 spiro atoms. The molecular weight excluding hydrogens is 964 g/mol. The Morgan fingerprint density at radius 1 is 0.388 bits per heavy atom. The summed E-state index contributed by atoms with van der Waals surface area (Å²) in [5, 5.41) is 4.96. The van der Waals surface area contributed by atoms with E-state index in [1.54, 1.807) is 0 Å². The highest BCUT2D eigenvalue weighted by atomic mass is 15.3. The number of anilines is 6. The Hall–Kier alpha value is -8.40. The van der Waals surface area contributed by atoms with Crippen LogP contribution in [-0.4, -0.2) is 6.71 Å². The summed E-state index contributed by atoms with van der Waals surface area (Å²) in [5.74, 6) is 0. The molecule has 0 radical (unpaired) electrons. The average Bonchev–Trinajstić information content (AvgIpc) is 4.03. The minimum absolute atomic E-state index is 0.0269. The second kappa shape index (κ2) is 16.8. The van der Waals surface area contributed by atoms with Crippen LogP contribution in [0.3, 0.4) is 0 Å². The molecule has 0 amide bonds. The molecule has 11 aromatic rings. The first-order valence-corrected chi connectivity index (χ1v) is 28.9. The molecule has 80 heavy (non-hydrogen) atoms. The highest BCUT2D eigenvalue weighted by Gasteiger charge is 2.50. The van der Waals surface area contributed by atoms with Crippen molar-refractivity contribution in [1.29, 1.82) is 0 Å². The average molecular weight is 1030 g/mol. The number of benzene rings is 11. The Bertz CT molecular complexity index is 4390. The summed E-state index contributed by atoms with van der Waals surface area (Å²) in [4.78, 5) is 5.35. The lowest BCUT2D eigenvalue weighted by Crippen LogP contribution is -2.59. The van der Waals surface area contributed by atoms with Gasteiger partial charge in [0.05, 0.1) is 28.2 Å². The molecule has 0 unspecified atom stereocenters. The molecule has 388 valence electrons. The largest absolute Gasteiger partial charge is 0.307 e. The van der Waals surface area contributed by atoms with Gasteiger partial charge in [-0.3, -0.25) is 0 Å². The van der Waals surface area contributed by atoms with Gasteiger partial charge in [0.2, 0.25) is 6.71 Å². The first-order valence-electron chi connectivity index (χ1n) is 28.9. The summed E-state index contributed by atoms with van der Waals surface area (Å²) in [7, 11) is 0. The summed E-state index contributed by atoms with van der Waals surface area (Å²) in [6.07, 6.45) is 0. The van der Waals surface area contributed by atoms with Gasteiger partial charge in [-0.25, -0.2) is 0 Å². The fourth-order valence-corrected chi connectivity index (χ4v) is 15.3. The van der Waals surface area contributed by atoms with E-state index < -0.39 is 5.41 Å². The van der Waals surface area contributed by atoms with E-state index in [0.29, 0.717) is 0 Å². The zero-order valence-corrected chi connectivity index (χ0v) is 48.1. The molecule has 3 heteroatoms. The van der Waals surface area contributed by atoms with Gasteiger partial charge in [-0.1, -0.05) is 247 Å². The molecule has 0 bridgehead atoms. The fourth-order valence-electron chi connectivity index (χ4n) is 15.3. The zero-order valence-electron chi connectivity index (χ0n) is 48.1. The predicted molar refractivity (Wildman–Crippen MR) is 342 cm³/mol. The maximum absolute atomic E-state index is 2.70.